The number of hydrogen-bond donors (Lipinski definition) is 0. The van der Waals surface area contributed by atoms with Crippen molar-refractivity contribution >= 4 is 21.5 Å². The van der Waals surface area contributed by atoms with E-state index in [0.29, 0.717) is 44.0 Å². The van der Waals surface area contributed by atoms with Gasteiger partial charge in [-0.15, -0.1) is 0 Å². The standard InChI is InChI=1S/C26H33N3O3S/c1-20-10-12-22(13-11-20)33(31,32)29-15-7-14-28(16-17-29)19-21(30)18-25-26(2,3)23-8-5-6-9-24(23)27(25)4/h5-6,8-13,18H,7,14-17,19H2,1-4H3/b25-18-. The summed E-state index contributed by atoms with van der Waals surface area (Å²) in [6.07, 6.45) is 2.47. The van der Waals surface area contributed by atoms with Gasteiger partial charge in [0, 0.05) is 49.6 Å². The molecule has 2 aromatic carbocycles. The lowest BCUT2D eigenvalue weighted by Crippen LogP contribution is -2.36. The van der Waals surface area contributed by atoms with Crippen molar-refractivity contribution in [3.63, 3.8) is 0 Å². The Hall–Kier alpha value is -2.48. The van der Waals surface area contributed by atoms with Gasteiger partial charge in [-0.1, -0.05) is 49.7 Å². The van der Waals surface area contributed by atoms with E-state index in [-0.39, 0.29) is 11.2 Å². The number of hydrogen-bond acceptors (Lipinski definition) is 5. The average Bonchev–Trinajstić information content (AvgIpc) is 2.94. The van der Waals surface area contributed by atoms with E-state index in [0.717, 1.165) is 16.9 Å². The maximum Gasteiger partial charge on any atom is 0.243 e. The second kappa shape index (κ2) is 9.05. The maximum atomic E-state index is 13.1. The van der Waals surface area contributed by atoms with Crippen LogP contribution in [0.3, 0.4) is 0 Å². The number of carbonyl (C=O) groups is 1. The quantitative estimate of drug-likeness (QED) is 0.629. The summed E-state index contributed by atoms with van der Waals surface area (Å²) in [7, 11) is -1.52. The lowest BCUT2D eigenvalue weighted by Gasteiger charge is -2.25. The predicted molar refractivity (Wildman–Crippen MR) is 132 cm³/mol. The molecule has 2 aliphatic heterocycles. The molecule has 0 N–H and O–H groups in total. The molecular weight excluding hydrogens is 434 g/mol. The monoisotopic (exact) mass is 467 g/mol. The van der Waals surface area contributed by atoms with Crippen LogP contribution in [0.15, 0.2) is 65.2 Å². The van der Waals surface area contributed by atoms with Gasteiger partial charge in [-0.25, -0.2) is 8.42 Å². The fraction of sp³-hybridized carbons (Fsp3) is 0.423. The molecule has 0 amide bonds. The molecule has 0 aliphatic carbocycles. The molecule has 33 heavy (non-hydrogen) atoms. The van der Waals surface area contributed by atoms with Crippen molar-refractivity contribution in [3.8, 4) is 0 Å². The van der Waals surface area contributed by atoms with Crippen LogP contribution in [0.2, 0.25) is 0 Å². The number of ketones is 1. The number of para-hydroxylation sites is 1. The summed E-state index contributed by atoms with van der Waals surface area (Å²) in [5.74, 6) is 0.0487. The zero-order valence-electron chi connectivity index (χ0n) is 19.9. The van der Waals surface area contributed by atoms with Gasteiger partial charge < -0.3 is 4.90 Å². The van der Waals surface area contributed by atoms with Crippen LogP contribution in [0.5, 0.6) is 0 Å². The maximum absolute atomic E-state index is 13.1. The zero-order chi connectivity index (χ0) is 23.8. The van der Waals surface area contributed by atoms with Crippen molar-refractivity contribution in [2.45, 2.75) is 37.5 Å². The SMILES string of the molecule is Cc1ccc(S(=O)(=O)N2CCCN(CC(=O)/C=C3\N(C)c4ccccc4C3(C)C)CC2)cc1. The van der Waals surface area contributed by atoms with E-state index in [9.17, 15) is 13.2 Å². The molecule has 0 saturated carbocycles. The molecule has 1 fully saturated rings. The molecular formula is C26H33N3O3S. The summed E-state index contributed by atoms with van der Waals surface area (Å²) in [5, 5.41) is 0. The molecule has 0 aromatic heterocycles. The van der Waals surface area contributed by atoms with Gasteiger partial charge in [0.05, 0.1) is 11.4 Å². The summed E-state index contributed by atoms with van der Waals surface area (Å²) in [4.78, 5) is 17.5. The van der Waals surface area contributed by atoms with Gasteiger partial charge in [0.2, 0.25) is 10.0 Å². The highest BCUT2D eigenvalue weighted by Gasteiger charge is 2.38. The minimum Gasteiger partial charge on any atom is -0.347 e. The van der Waals surface area contributed by atoms with Gasteiger partial charge in [0.1, 0.15) is 0 Å². The molecule has 176 valence electrons. The van der Waals surface area contributed by atoms with Gasteiger partial charge in [-0.2, -0.15) is 4.31 Å². The largest absolute Gasteiger partial charge is 0.347 e. The molecule has 2 aromatic rings. The third kappa shape index (κ3) is 4.63. The van der Waals surface area contributed by atoms with Crippen LogP contribution in [0, 0.1) is 6.92 Å². The molecule has 0 bridgehead atoms. The van der Waals surface area contributed by atoms with E-state index in [4.69, 9.17) is 0 Å². The Morgan fingerprint density at radius 2 is 1.70 bits per heavy atom. The Balaban J connectivity index is 1.43. The number of fused-ring (bicyclic) bond motifs is 1. The number of sulfonamides is 1. The molecule has 2 heterocycles. The molecule has 4 rings (SSSR count). The molecule has 0 atom stereocenters. The van der Waals surface area contributed by atoms with Gasteiger partial charge in [-0.05, 0) is 43.7 Å². The van der Waals surface area contributed by atoms with Crippen LogP contribution >= 0.6 is 0 Å². The average molecular weight is 468 g/mol. The molecule has 1 saturated heterocycles. The molecule has 0 unspecified atom stereocenters. The van der Waals surface area contributed by atoms with Crippen LogP contribution in [0.4, 0.5) is 5.69 Å². The molecule has 0 radical (unpaired) electrons. The van der Waals surface area contributed by atoms with Crippen molar-refractivity contribution in [2.24, 2.45) is 0 Å². The van der Waals surface area contributed by atoms with E-state index in [1.54, 1.807) is 22.5 Å². The number of benzene rings is 2. The number of allylic oxidation sites excluding steroid dienone is 1. The van der Waals surface area contributed by atoms with Gasteiger partial charge >= 0.3 is 0 Å². The summed E-state index contributed by atoms with van der Waals surface area (Å²) in [6.45, 7) is 8.62. The summed E-state index contributed by atoms with van der Waals surface area (Å²) in [6, 6.07) is 15.2. The third-order valence-corrected chi connectivity index (χ3v) is 8.74. The highest BCUT2D eigenvalue weighted by molar-refractivity contribution is 7.89. The number of likely N-dealkylation sites (N-methyl/N-ethyl adjacent to an activating group) is 1. The Morgan fingerprint density at radius 1 is 1.00 bits per heavy atom. The van der Waals surface area contributed by atoms with Crippen LogP contribution in [-0.2, 0) is 20.2 Å². The normalized spacial score (nSPS) is 20.6. The Kier molecular flexibility index (Phi) is 6.49. The van der Waals surface area contributed by atoms with Crippen molar-refractivity contribution in [1.29, 1.82) is 0 Å². The summed E-state index contributed by atoms with van der Waals surface area (Å²) >= 11 is 0. The van der Waals surface area contributed by atoms with Crippen LogP contribution < -0.4 is 4.90 Å². The van der Waals surface area contributed by atoms with Crippen molar-refractivity contribution in [3.05, 3.63) is 71.4 Å². The highest BCUT2D eigenvalue weighted by Crippen LogP contribution is 2.46. The number of carbonyl (C=O) groups excluding carboxylic acids is 1. The fourth-order valence-electron chi connectivity index (χ4n) is 4.88. The van der Waals surface area contributed by atoms with Crippen LogP contribution in [0.25, 0.3) is 0 Å². The minimum atomic E-state index is -3.52. The number of rotatable bonds is 5. The van der Waals surface area contributed by atoms with Gasteiger partial charge in [-0.3, -0.25) is 9.69 Å². The second-order valence-corrected chi connectivity index (χ2v) is 11.5. The lowest BCUT2D eigenvalue weighted by atomic mass is 9.83. The van der Waals surface area contributed by atoms with Crippen LogP contribution in [0.1, 0.15) is 31.4 Å². The van der Waals surface area contributed by atoms with E-state index >= 15 is 0 Å². The molecule has 7 heteroatoms. The Labute approximate surface area is 197 Å². The van der Waals surface area contributed by atoms with Crippen molar-refractivity contribution in [1.82, 2.24) is 9.21 Å². The molecule has 2 aliphatic rings. The number of aryl methyl sites for hydroxylation is 1. The minimum absolute atomic E-state index is 0.0487. The first-order chi connectivity index (χ1) is 15.6. The first-order valence-corrected chi connectivity index (χ1v) is 12.9. The first-order valence-electron chi connectivity index (χ1n) is 11.5. The van der Waals surface area contributed by atoms with E-state index in [1.807, 2.05) is 38.2 Å². The fourth-order valence-corrected chi connectivity index (χ4v) is 6.35. The van der Waals surface area contributed by atoms with Crippen molar-refractivity contribution in [2.75, 3.05) is 44.7 Å². The highest BCUT2D eigenvalue weighted by atomic mass is 32.2. The summed E-state index contributed by atoms with van der Waals surface area (Å²) in [5.41, 5.74) is 4.14. The molecule has 0 spiro atoms. The first kappa shape index (κ1) is 23.7. The third-order valence-electron chi connectivity index (χ3n) is 6.82. The zero-order valence-corrected chi connectivity index (χ0v) is 20.7. The molecule has 6 nitrogen and oxygen atoms in total. The van der Waals surface area contributed by atoms with Crippen LogP contribution in [-0.4, -0.2) is 63.2 Å². The predicted octanol–water partition coefficient (Wildman–Crippen LogP) is 3.57. The van der Waals surface area contributed by atoms with Gasteiger partial charge in [0.25, 0.3) is 0 Å². The van der Waals surface area contributed by atoms with E-state index in [1.165, 1.54) is 5.56 Å². The lowest BCUT2D eigenvalue weighted by molar-refractivity contribution is -0.115. The topological polar surface area (TPSA) is 60.9 Å². The summed E-state index contributed by atoms with van der Waals surface area (Å²) < 4.78 is 27.6. The second-order valence-electron chi connectivity index (χ2n) is 9.54. The van der Waals surface area contributed by atoms with Gasteiger partial charge in [0.15, 0.2) is 5.78 Å². The van der Waals surface area contributed by atoms with E-state index in [2.05, 4.69) is 35.8 Å². The van der Waals surface area contributed by atoms with E-state index < -0.39 is 10.0 Å². The Bertz CT molecular complexity index is 1170. The smallest absolute Gasteiger partial charge is 0.243 e. The number of nitrogens with zero attached hydrogens (tertiary/aromatic N) is 3. The Morgan fingerprint density at radius 3 is 2.39 bits per heavy atom. The number of anilines is 1. The van der Waals surface area contributed by atoms with Crippen molar-refractivity contribution < 1.29 is 13.2 Å².